The number of hydrogen-bond acceptors (Lipinski definition) is 5. The molecule has 1 unspecified atom stereocenters. The van der Waals surface area contributed by atoms with Gasteiger partial charge in [0.2, 0.25) is 5.91 Å². The van der Waals surface area contributed by atoms with Crippen molar-refractivity contribution in [1.82, 2.24) is 15.5 Å². The highest BCUT2D eigenvalue weighted by Crippen LogP contribution is 2.23. The molecule has 156 valence electrons. The Balaban J connectivity index is 0.00000182. The lowest BCUT2D eigenvalue weighted by atomic mass is 9.93. The van der Waals surface area contributed by atoms with E-state index in [0.29, 0.717) is 18.9 Å². The topological polar surface area (TPSA) is 66.7 Å². The molecule has 0 bridgehead atoms. The summed E-state index contributed by atoms with van der Waals surface area (Å²) in [5, 5.41) is 6.50. The third-order valence-corrected chi connectivity index (χ3v) is 5.31. The molecule has 0 aliphatic carbocycles. The first-order chi connectivity index (χ1) is 12.2. The van der Waals surface area contributed by atoms with Crippen LogP contribution in [-0.2, 0) is 9.53 Å². The minimum Gasteiger partial charge on any atom is -0.465 e. The number of halogens is 2. The number of piperidine rings is 1. The minimum absolute atomic E-state index is 0. The Morgan fingerprint density at radius 1 is 1.26 bits per heavy atom. The van der Waals surface area contributed by atoms with Crippen LogP contribution in [0.1, 0.15) is 43.2 Å². The zero-order chi connectivity index (χ0) is 17.5. The molecule has 0 radical (unpaired) electrons. The van der Waals surface area contributed by atoms with Gasteiger partial charge in [-0.25, -0.2) is 0 Å². The number of nitrogens with zero attached hydrogens (tertiary/aromatic N) is 1. The summed E-state index contributed by atoms with van der Waals surface area (Å²) in [7, 11) is 0. The highest BCUT2D eigenvalue weighted by atomic mass is 35.5. The highest BCUT2D eigenvalue weighted by molar-refractivity contribution is 5.85. The smallest absolute Gasteiger partial charge is 0.220 e. The molecule has 2 fully saturated rings. The largest absolute Gasteiger partial charge is 0.465 e. The molecule has 6 nitrogen and oxygen atoms in total. The standard InChI is InChI=1S/C19H31N3O3.2ClH/c1-15-2-4-18(25-15)17(22-10-12-24-13-11-22)14-21-19(23)5-3-16-6-8-20-9-7-16;;/h2,4,16-17,20H,3,5-14H2,1H3,(H,21,23);2*1H. The highest BCUT2D eigenvalue weighted by Gasteiger charge is 2.25. The third kappa shape index (κ3) is 7.62. The summed E-state index contributed by atoms with van der Waals surface area (Å²) in [6, 6.07) is 4.10. The van der Waals surface area contributed by atoms with E-state index in [9.17, 15) is 4.79 Å². The van der Waals surface area contributed by atoms with Crippen molar-refractivity contribution >= 4 is 30.7 Å². The van der Waals surface area contributed by atoms with Crippen molar-refractivity contribution in [3.63, 3.8) is 0 Å². The zero-order valence-electron chi connectivity index (χ0n) is 16.1. The van der Waals surface area contributed by atoms with E-state index in [1.807, 2.05) is 19.1 Å². The van der Waals surface area contributed by atoms with Gasteiger partial charge in [0, 0.05) is 26.1 Å². The van der Waals surface area contributed by atoms with Crippen LogP contribution in [0.25, 0.3) is 0 Å². The lowest BCUT2D eigenvalue weighted by molar-refractivity contribution is -0.121. The number of furan rings is 1. The maximum absolute atomic E-state index is 12.3. The molecular weight excluding hydrogens is 389 g/mol. The fourth-order valence-electron chi connectivity index (χ4n) is 3.74. The second-order valence-electron chi connectivity index (χ2n) is 7.15. The molecule has 1 amide bonds. The second kappa shape index (κ2) is 12.6. The molecule has 27 heavy (non-hydrogen) atoms. The summed E-state index contributed by atoms with van der Waals surface area (Å²) >= 11 is 0. The van der Waals surface area contributed by atoms with E-state index in [-0.39, 0.29) is 36.8 Å². The average molecular weight is 422 g/mol. The number of ether oxygens (including phenoxy) is 1. The molecule has 2 saturated heterocycles. The van der Waals surface area contributed by atoms with Gasteiger partial charge in [-0.05, 0) is 57.3 Å². The number of nitrogens with one attached hydrogen (secondary N) is 2. The van der Waals surface area contributed by atoms with Gasteiger partial charge in [-0.3, -0.25) is 9.69 Å². The van der Waals surface area contributed by atoms with Crippen molar-refractivity contribution in [2.45, 2.75) is 38.6 Å². The van der Waals surface area contributed by atoms with E-state index in [0.717, 1.165) is 57.3 Å². The number of amides is 1. The Labute approximate surface area is 174 Å². The first-order valence-corrected chi connectivity index (χ1v) is 9.58. The van der Waals surface area contributed by atoms with Crippen molar-refractivity contribution in [1.29, 1.82) is 0 Å². The van der Waals surface area contributed by atoms with Gasteiger partial charge in [0.1, 0.15) is 11.5 Å². The van der Waals surface area contributed by atoms with Crippen LogP contribution < -0.4 is 10.6 Å². The van der Waals surface area contributed by atoms with Crippen molar-refractivity contribution in [3.05, 3.63) is 23.7 Å². The summed E-state index contributed by atoms with van der Waals surface area (Å²) in [6.45, 7) is 7.94. The summed E-state index contributed by atoms with van der Waals surface area (Å²) in [5.74, 6) is 2.68. The maximum atomic E-state index is 12.3. The van der Waals surface area contributed by atoms with Crippen LogP contribution in [0.15, 0.2) is 16.5 Å². The Bertz CT molecular complexity index is 544. The van der Waals surface area contributed by atoms with Crippen LogP contribution in [0.2, 0.25) is 0 Å². The second-order valence-corrected chi connectivity index (χ2v) is 7.15. The summed E-state index contributed by atoms with van der Waals surface area (Å²) in [5.41, 5.74) is 0. The molecule has 2 N–H and O–H groups in total. The fourth-order valence-corrected chi connectivity index (χ4v) is 3.74. The Kier molecular flexibility index (Phi) is 11.3. The molecule has 1 aromatic rings. The lowest BCUT2D eigenvalue weighted by Gasteiger charge is -2.33. The van der Waals surface area contributed by atoms with E-state index in [4.69, 9.17) is 9.15 Å². The lowest BCUT2D eigenvalue weighted by Crippen LogP contribution is -2.43. The van der Waals surface area contributed by atoms with Gasteiger partial charge in [0.15, 0.2) is 0 Å². The molecule has 3 rings (SSSR count). The van der Waals surface area contributed by atoms with Crippen molar-refractivity contribution in [2.24, 2.45) is 5.92 Å². The van der Waals surface area contributed by atoms with E-state index in [1.54, 1.807) is 0 Å². The third-order valence-electron chi connectivity index (χ3n) is 5.31. The van der Waals surface area contributed by atoms with Crippen molar-refractivity contribution in [2.75, 3.05) is 45.9 Å². The van der Waals surface area contributed by atoms with Gasteiger partial charge in [0.25, 0.3) is 0 Å². The van der Waals surface area contributed by atoms with Gasteiger partial charge in [0.05, 0.1) is 19.3 Å². The van der Waals surface area contributed by atoms with Gasteiger partial charge in [-0.15, -0.1) is 24.8 Å². The van der Waals surface area contributed by atoms with Gasteiger partial charge in [-0.1, -0.05) is 0 Å². The van der Waals surface area contributed by atoms with E-state index in [1.165, 1.54) is 12.8 Å². The average Bonchev–Trinajstić information content (AvgIpc) is 3.08. The normalized spacial score (nSPS) is 19.6. The molecule has 2 aliphatic rings. The monoisotopic (exact) mass is 421 g/mol. The Morgan fingerprint density at radius 3 is 2.59 bits per heavy atom. The van der Waals surface area contributed by atoms with E-state index in [2.05, 4.69) is 15.5 Å². The first-order valence-electron chi connectivity index (χ1n) is 9.58. The summed E-state index contributed by atoms with van der Waals surface area (Å²) < 4.78 is 11.3. The van der Waals surface area contributed by atoms with E-state index < -0.39 is 0 Å². The minimum atomic E-state index is 0. The molecule has 8 heteroatoms. The number of aryl methyl sites for hydroxylation is 1. The molecule has 1 aromatic heterocycles. The molecule has 0 spiro atoms. The molecule has 3 heterocycles. The fraction of sp³-hybridized carbons (Fsp3) is 0.737. The molecular formula is C19H33Cl2N3O3. The zero-order valence-corrected chi connectivity index (χ0v) is 17.7. The quantitative estimate of drug-likeness (QED) is 0.708. The van der Waals surface area contributed by atoms with Crippen LogP contribution in [0.3, 0.4) is 0 Å². The Morgan fingerprint density at radius 2 is 1.96 bits per heavy atom. The van der Waals surface area contributed by atoms with Crippen LogP contribution in [0, 0.1) is 12.8 Å². The van der Waals surface area contributed by atoms with Crippen LogP contribution in [-0.4, -0.2) is 56.7 Å². The van der Waals surface area contributed by atoms with Crippen molar-refractivity contribution < 1.29 is 13.9 Å². The number of carbonyl (C=O) groups is 1. The predicted molar refractivity (Wildman–Crippen MR) is 111 cm³/mol. The number of hydrogen-bond donors (Lipinski definition) is 2. The van der Waals surface area contributed by atoms with Gasteiger partial charge >= 0.3 is 0 Å². The Hall–Kier alpha value is -0.790. The van der Waals surface area contributed by atoms with Crippen LogP contribution >= 0.6 is 24.8 Å². The molecule has 2 aliphatic heterocycles. The van der Waals surface area contributed by atoms with Crippen LogP contribution in [0.4, 0.5) is 0 Å². The maximum Gasteiger partial charge on any atom is 0.220 e. The SMILES string of the molecule is Cc1ccc(C(CNC(=O)CCC2CCNCC2)N2CCOCC2)o1.Cl.Cl. The summed E-state index contributed by atoms with van der Waals surface area (Å²) in [6.07, 6.45) is 4.00. The molecule has 0 aromatic carbocycles. The van der Waals surface area contributed by atoms with Gasteiger partial charge in [-0.2, -0.15) is 0 Å². The predicted octanol–water partition coefficient (Wildman–Crippen LogP) is 2.70. The molecule has 1 atom stereocenters. The first kappa shape index (κ1) is 24.2. The number of carbonyl (C=O) groups excluding carboxylic acids is 1. The van der Waals surface area contributed by atoms with Crippen LogP contribution in [0.5, 0.6) is 0 Å². The molecule has 0 saturated carbocycles. The van der Waals surface area contributed by atoms with E-state index >= 15 is 0 Å². The summed E-state index contributed by atoms with van der Waals surface area (Å²) in [4.78, 5) is 14.7. The number of rotatable bonds is 7. The van der Waals surface area contributed by atoms with Crippen molar-refractivity contribution in [3.8, 4) is 0 Å². The van der Waals surface area contributed by atoms with Gasteiger partial charge < -0.3 is 19.8 Å². The number of morpholine rings is 1.